The molecular formula is C16H18N2O3. The fourth-order valence-electron chi connectivity index (χ4n) is 2.06. The van der Waals surface area contributed by atoms with E-state index in [2.05, 4.69) is 0 Å². The Kier molecular flexibility index (Phi) is 4.33. The zero-order valence-corrected chi connectivity index (χ0v) is 12.0. The van der Waals surface area contributed by atoms with Gasteiger partial charge in [-0.2, -0.15) is 0 Å². The first-order valence-corrected chi connectivity index (χ1v) is 6.48. The molecule has 5 nitrogen and oxygen atoms in total. The second-order valence-corrected chi connectivity index (χ2v) is 4.78. The molecule has 2 aromatic carbocycles. The molecule has 0 atom stereocenters. The predicted octanol–water partition coefficient (Wildman–Crippen LogP) is 2.61. The predicted molar refractivity (Wildman–Crippen MR) is 82.9 cm³/mol. The molecule has 0 heterocycles. The molecule has 0 fully saturated rings. The van der Waals surface area contributed by atoms with Crippen molar-refractivity contribution in [2.45, 2.75) is 6.54 Å². The molecule has 2 aromatic rings. The van der Waals surface area contributed by atoms with Gasteiger partial charge in [0.2, 0.25) is 0 Å². The van der Waals surface area contributed by atoms with Crippen LogP contribution in [0.15, 0.2) is 42.5 Å². The lowest BCUT2D eigenvalue weighted by Gasteiger charge is -2.20. The monoisotopic (exact) mass is 286 g/mol. The molecule has 2 rings (SSSR count). The molecule has 0 bridgehead atoms. The number of rotatable bonds is 5. The molecule has 0 radical (unpaired) electrons. The minimum atomic E-state index is -1.02. The summed E-state index contributed by atoms with van der Waals surface area (Å²) in [6, 6.07) is 12.8. The minimum absolute atomic E-state index is 0.120. The van der Waals surface area contributed by atoms with Gasteiger partial charge in [-0.15, -0.1) is 0 Å². The van der Waals surface area contributed by atoms with Crippen LogP contribution in [0.25, 0.3) is 0 Å². The Labute approximate surface area is 123 Å². The van der Waals surface area contributed by atoms with Crippen LogP contribution in [-0.2, 0) is 6.54 Å². The van der Waals surface area contributed by atoms with Gasteiger partial charge in [0, 0.05) is 25.0 Å². The van der Waals surface area contributed by atoms with Crippen LogP contribution in [0.3, 0.4) is 0 Å². The average molecular weight is 286 g/mol. The van der Waals surface area contributed by atoms with Crippen LogP contribution in [0.2, 0.25) is 0 Å². The van der Waals surface area contributed by atoms with Gasteiger partial charge in [0.25, 0.3) is 0 Å². The van der Waals surface area contributed by atoms with Gasteiger partial charge in [0.05, 0.1) is 12.7 Å². The number of benzene rings is 2. The fourth-order valence-corrected chi connectivity index (χ4v) is 2.06. The highest BCUT2D eigenvalue weighted by Gasteiger charge is 2.11. The maximum absolute atomic E-state index is 11.1. The van der Waals surface area contributed by atoms with Crippen molar-refractivity contribution in [3.63, 3.8) is 0 Å². The van der Waals surface area contributed by atoms with E-state index in [9.17, 15) is 4.79 Å². The summed E-state index contributed by atoms with van der Waals surface area (Å²) in [7, 11) is 3.53. The Morgan fingerprint density at radius 1 is 1.24 bits per heavy atom. The van der Waals surface area contributed by atoms with Crippen molar-refractivity contribution in [2.24, 2.45) is 0 Å². The number of hydrogen-bond acceptors (Lipinski definition) is 4. The van der Waals surface area contributed by atoms with E-state index in [4.69, 9.17) is 15.6 Å². The van der Waals surface area contributed by atoms with Gasteiger partial charge in [0.1, 0.15) is 5.75 Å². The molecule has 0 saturated heterocycles. The standard InChI is InChI=1S/C16H18N2O3/c1-18(10-11-3-6-13(21-2)7-4-11)12-5-8-15(17)14(9-12)16(19)20/h3-9H,10,17H2,1-2H3,(H,19,20). The number of anilines is 2. The molecular weight excluding hydrogens is 268 g/mol. The molecule has 0 saturated carbocycles. The van der Waals surface area contributed by atoms with E-state index < -0.39 is 5.97 Å². The summed E-state index contributed by atoms with van der Waals surface area (Å²) in [5.74, 6) is -0.214. The van der Waals surface area contributed by atoms with Gasteiger partial charge in [-0.1, -0.05) is 12.1 Å². The van der Waals surface area contributed by atoms with Crippen LogP contribution in [0.5, 0.6) is 5.75 Å². The third-order valence-electron chi connectivity index (χ3n) is 3.29. The van der Waals surface area contributed by atoms with Crippen molar-refractivity contribution in [1.29, 1.82) is 0 Å². The van der Waals surface area contributed by atoms with Crippen molar-refractivity contribution in [3.8, 4) is 5.75 Å². The number of hydrogen-bond donors (Lipinski definition) is 2. The third-order valence-corrected chi connectivity index (χ3v) is 3.29. The molecule has 0 aromatic heterocycles. The molecule has 0 unspecified atom stereocenters. The lowest BCUT2D eigenvalue weighted by molar-refractivity contribution is 0.0698. The SMILES string of the molecule is COc1ccc(CN(C)c2ccc(N)c(C(=O)O)c2)cc1. The van der Waals surface area contributed by atoms with Crippen molar-refractivity contribution >= 4 is 17.3 Å². The highest BCUT2D eigenvalue weighted by molar-refractivity contribution is 5.94. The van der Waals surface area contributed by atoms with E-state index in [0.29, 0.717) is 6.54 Å². The number of carbonyl (C=O) groups is 1. The number of nitrogens with zero attached hydrogens (tertiary/aromatic N) is 1. The Morgan fingerprint density at radius 3 is 2.48 bits per heavy atom. The molecule has 0 aliphatic heterocycles. The van der Waals surface area contributed by atoms with E-state index >= 15 is 0 Å². The van der Waals surface area contributed by atoms with Crippen molar-refractivity contribution in [3.05, 3.63) is 53.6 Å². The van der Waals surface area contributed by atoms with E-state index in [1.54, 1.807) is 19.2 Å². The summed E-state index contributed by atoms with van der Waals surface area (Å²) in [5.41, 5.74) is 7.96. The number of nitrogen functional groups attached to an aromatic ring is 1. The van der Waals surface area contributed by atoms with E-state index in [1.165, 1.54) is 0 Å². The van der Waals surface area contributed by atoms with E-state index in [0.717, 1.165) is 17.0 Å². The lowest BCUT2D eigenvalue weighted by Crippen LogP contribution is -2.17. The van der Waals surface area contributed by atoms with Crippen molar-refractivity contribution in [1.82, 2.24) is 0 Å². The topological polar surface area (TPSA) is 75.8 Å². The smallest absolute Gasteiger partial charge is 0.337 e. The van der Waals surface area contributed by atoms with Gasteiger partial charge >= 0.3 is 5.97 Å². The second kappa shape index (κ2) is 6.17. The second-order valence-electron chi connectivity index (χ2n) is 4.78. The normalized spacial score (nSPS) is 10.2. The van der Waals surface area contributed by atoms with Gasteiger partial charge in [0.15, 0.2) is 0 Å². The van der Waals surface area contributed by atoms with Gasteiger partial charge < -0.3 is 20.5 Å². The Morgan fingerprint density at radius 2 is 1.90 bits per heavy atom. The summed E-state index contributed by atoms with van der Waals surface area (Å²) >= 11 is 0. The minimum Gasteiger partial charge on any atom is -0.497 e. The lowest BCUT2D eigenvalue weighted by atomic mass is 10.1. The molecule has 0 aliphatic carbocycles. The molecule has 0 amide bonds. The Hall–Kier alpha value is -2.69. The fraction of sp³-hybridized carbons (Fsp3) is 0.188. The third kappa shape index (κ3) is 3.45. The number of carboxylic acids is 1. The summed E-state index contributed by atoms with van der Waals surface area (Å²) in [6.07, 6.45) is 0. The molecule has 0 spiro atoms. The number of carboxylic acid groups (broad SMARTS) is 1. The van der Waals surface area contributed by atoms with Crippen LogP contribution >= 0.6 is 0 Å². The Bertz CT molecular complexity index is 638. The van der Waals surface area contributed by atoms with Crippen LogP contribution in [0.4, 0.5) is 11.4 Å². The van der Waals surface area contributed by atoms with Gasteiger partial charge in [-0.25, -0.2) is 4.79 Å². The first-order chi connectivity index (χ1) is 10.0. The van der Waals surface area contributed by atoms with Gasteiger partial charge in [-0.05, 0) is 35.9 Å². The zero-order valence-electron chi connectivity index (χ0n) is 12.0. The number of ether oxygens (including phenoxy) is 1. The van der Waals surface area contributed by atoms with Crippen molar-refractivity contribution in [2.75, 3.05) is 24.8 Å². The van der Waals surface area contributed by atoms with Crippen LogP contribution in [0, 0.1) is 0 Å². The molecule has 3 N–H and O–H groups in total. The molecule has 5 heteroatoms. The van der Waals surface area contributed by atoms with Crippen molar-refractivity contribution < 1.29 is 14.6 Å². The maximum Gasteiger partial charge on any atom is 0.337 e. The molecule has 110 valence electrons. The summed E-state index contributed by atoms with van der Waals surface area (Å²) in [6.45, 7) is 0.660. The molecule has 21 heavy (non-hydrogen) atoms. The first kappa shape index (κ1) is 14.7. The summed E-state index contributed by atoms with van der Waals surface area (Å²) in [4.78, 5) is 13.1. The van der Waals surface area contributed by atoms with Crippen LogP contribution < -0.4 is 15.4 Å². The van der Waals surface area contributed by atoms with Crippen LogP contribution in [0.1, 0.15) is 15.9 Å². The summed E-state index contributed by atoms with van der Waals surface area (Å²) in [5, 5.41) is 9.11. The maximum atomic E-state index is 11.1. The van der Waals surface area contributed by atoms with Crippen LogP contribution in [-0.4, -0.2) is 25.2 Å². The number of nitrogens with two attached hydrogens (primary N) is 1. The van der Waals surface area contributed by atoms with Gasteiger partial charge in [-0.3, -0.25) is 0 Å². The van der Waals surface area contributed by atoms with E-state index in [-0.39, 0.29) is 11.3 Å². The largest absolute Gasteiger partial charge is 0.497 e. The first-order valence-electron chi connectivity index (χ1n) is 6.48. The van der Waals surface area contributed by atoms with E-state index in [1.807, 2.05) is 42.3 Å². The Balaban J connectivity index is 2.17. The summed E-state index contributed by atoms with van der Waals surface area (Å²) < 4.78 is 5.12. The zero-order chi connectivity index (χ0) is 15.4. The highest BCUT2D eigenvalue weighted by Crippen LogP contribution is 2.22. The number of methoxy groups -OCH3 is 1. The quantitative estimate of drug-likeness (QED) is 0.826. The molecule has 0 aliphatic rings. The highest BCUT2D eigenvalue weighted by atomic mass is 16.5. The number of aromatic carboxylic acids is 1. The average Bonchev–Trinajstić information content (AvgIpc) is 2.48.